The predicted molar refractivity (Wildman–Crippen MR) is 88.9 cm³/mol. The van der Waals surface area contributed by atoms with Crippen LogP contribution in [0.1, 0.15) is 31.1 Å². The lowest BCUT2D eigenvalue weighted by molar-refractivity contribution is 0.248. The van der Waals surface area contributed by atoms with E-state index in [9.17, 15) is 0 Å². The summed E-state index contributed by atoms with van der Waals surface area (Å²) in [5.41, 5.74) is 1.37. The van der Waals surface area contributed by atoms with Gasteiger partial charge in [0.15, 0.2) is 0 Å². The summed E-state index contributed by atoms with van der Waals surface area (Å²) in [6.07, 6.45) is 3.03. The summed E-state index contributed by atoms with van der Waals surface area (Å²) >= 11 is 0. The molecule has 0 aliphatic carbocycles. The monoisotopic (exact) mass is 298 g/mol. The fraction of sp³-hybridized carbons (Fsp3) is 0.556. The van der Waals surface area contributed by atoms with Crippen LogP contribution in [0, 0.1) is 5.92 Å². The molecule has 1 aromatic carbocycles. The van der Waals surface area contributed by atoms with Crippen LogP contribution in [0.5, 0.6) is 0 Å². The van der Waals surface area contributed by atoms with E-state index in [1.807, 2.05) is 0 Å². The van der Waals surface area contributed by atoms with Crippen LogP contribution >= 0.6 is 0 Å². The Balaban J connectivity index is 1.63. The number of hydrogen-bond acceptors (Lipinski definition) is 3. The van der Waals surface area contributed by atoms with Crippen molar-refractivity contribution in [1.82, 2.24) is 19.7 Å². The highest BCUT2D eigenvalue weighted by atomic mass is 15.3. The Morgan fingerprint density at radius 2 is 1.82 bits per heavy atom. The van der Waals surface area contributed by atoms with Crippen LogP contribution in [0.25, 0.3) is 0 Å². The second-order valence-corrected chi connectivity index (χ2v) is 6.61. The van der Waals surface area contributed by atoms with Gasteiger partial charge in [0.25, 0.3) is 0 Å². The maximum Gasteiger partial charge on any atom is 0.134 e. The molecule has 2 heterocycles. The average molecular weight is 298 g/mol. The summed E-state index contributed by atoms with van der Waals surface area (Å²) in [5, 5.41) is 8.86. The molecule has 4 nitrogen and oxygen atoms in total. The van der Waals surface area contributed by atoms with Gasteiger partial charge < -0.3 is 9.47 Å². The Morgan fingerprint density at radius 1 is 1.00 bits per heavy atom. The smallest absolute Gasteiger partial charge is 0.134 e. The molecular formula is C18H26N4. The highest BCUT2D eigenvalue weighted by Crippen LogP contribution is 2.13. The lowest BCUT2D eigenvalue weighted by Gasteiger charge is -2.21. The van der Waals surface area contributed by atoms with Crippen molar-refractivity contribution in [3.05, 3.63) is 47.5 Å². The molecule has 3 rings (SSSR count). The van der Waals surface area contributed by atoms with E-state index in [0.29, 0.717) is 0 Å². The largest absolute Gasteiger partial charge is 0.314 e. The van der Waals surface area contributed by atoms with E-state index in [2.05, 4.69) is 63.8 Å². The molecule has 1 aliphatic rings. The van der Waals surface area contributed by atoms with Gasteiger partial charge in [0.05, 0.1) is 0 Å². The highest BCUT2D eigenvalue weighted by Gasteiger charge is 2.18. The van der Waals surface area contributed by atoms with Crippen molar-refractivity contribution in [2.24, 2.45) is 5.92 Å². The molecule has 0 atom stereocenters. The molecule has 0 fully saturated rings. The normalized spacial score (nSPS) is 15.8. The van der Waals surface area contributed by atoms with E-state index in [1.165, 1.54) is 12.1 Å². The quantitative estimate of drug-likeness (QED) is 0.851. The van der Waals surface area contributed by atoms with Crippen LogP contribution < -0.4 is 0 Å². The minimum absolute atomic E-state index is 0.723. The lowest BCUT2D eigenvalue weighted by Crippen LogP contribution is -2.30. The Morgan fingerprint density at radius 3 is 2.59 bits per heavy atom. The molecule has 0 saturated heterocycles. The minimum atomic E-state index is 0.723. The van der Waals surface area contributed by atoms with Gasteiger partial charge in [0, 0.05) is 39.0 Å². The van der Waals surface area contributed by atoms with E-state index in [0.717, 1.165) is 56.5 Å². The van der Waals surface area contributed by atoms with E-state index in [-0.39, 0.29) is 0 Å². The molecule has 0 radical (unpaired) electrons. The summed E-state index contributed by atoms with van der Waals surface area (Å²) in [5.74, 6) is 3.03. The molecule has 0 bridgehead atoms. The van der Waals surface area contributed by atoms with Gasteiger partial charge in [-0.15, -0.1) is 10.2 Å². The molecule has 2 aromatic rings. The molecule has 118 valence electrons. The molecule has 0 saturated carbocycles. The van der Waals surface area contributed by atoms with Crippen molar-refractivity contribution in [2.45, 2.75) is 39.7 Å². The van der Waals surface area contributed by atoms with Crippen LogP contribution in [-0.4, -0.2) is 39.3 Å². The summed E-state index contributed by atoms with van der Waals surface area (Å²) in [4.78, 5) is 2.56. The lowest BCUT2D eigenvalue weighted by atomic mass is 10.1. The molecule has 1 aliphatic heterocycles. The summed E-state index contributed by atoms with van der Waals surface area (Å²) in [6, 6.07) is 10.6. The first kappa shape index (κ1) is 15.2. The van der Waals surface area contributed by atoms with Crippen molar-refractivity contribution in [2.75, 3.05) is 19.6 Å². The zero-order valence-corrected chi connectivity index (χ0v) is 13.7. The zero-order chi connectivity index (χ0) is 15.4. The van der Waals surface area contributed by atoms with Gasteiger partial charge in [-0.05, 0) is 17.9 Å². The number of benzene rings is 1. The topological polar surface area (TPSA) is 34.0 Å². The first-order chi connectivity index (χ1) is 10.7. The van der Waals surface area contributed by atoms with Crippen LogP contribution in [0.15, 0.2) is 30.3 Å². The van der Waals surface area contributed by atoms with E-state index in [4.69, 9.17) is 0 Å². The SMILES string of the molecule is CC(C)CN1CCc2nnc(CCc3ccccc3)n2CC1. The second kappa shape index (κ2) is 7.05. The molecule has 22 heavy (non-hydrogen) atoms. The standard InChI is InChI=1S/C18H26N4/c1-15(2)14-21-11-10-18-20-19-17(22(18)13-12-21)9-8-16-6-4-3-5-7-16/h3-7,15H,8-14H2,1-2H3. The van der Waals surface area contributed by atoms with Gasteiger partial charge in [-0.3, -0.25) is 0 Å². The van der Waals surface area contributed by atoms with Crippen LogP contribution in [-0.2, 0) is 25.8 Å². The second-order valence-electron chi connectivity index (χ2n) is 6.61. The fourth-order valence-corrected chi connectivity index (χ4v) is 3.21. The van der Waals surface area contributed by atoms with Gasteiger partial charge >= 0.3 is 0 Å². The molecule has 0 spiro atoms. The van der Waals surface area contributed by atoms with Gasteiger partial charge in [0.1, 0.15) is 11.6 Å². The molecule has 0 unspecified atom stereocenters. The fourth-order valence-electron chi connectivity index (χ4n) is 3.21. The number of rotatable bonds is 5. The Labute approximate surface area is 133 Å². The molecule has 4 heteroatoms. The third-order valence-electron chi connectivity index (χ3n) is 4.30. The molecule has 0 N–H and O–H groups in total. The maximum atomic E-state index is 4.43. The van der Waals surface area contributed by atoms with Crippen molar-refractivity contribution < 1.29 is 0 Å². The van der Waals surface area contributed by atoms with Crippen molar-refractivity contribution >= 4 is 0 Å². The third-order valence-corrected chi connectivity index (χ3v) is 4.30. The number of hydrogen-bond donors (Lipinski definition) is 0. The summed E-state index contributed by atoms with van der Waals surface area (Å²) < 4.78 is 2.35. The van der Waals surface area contributed by atoms with Crippen molar-refractivity contribution in [3.63, 3.8) is 0 Å². The molecular weight excluding hydrogens is 272 g/mol. The first-order valence-corrected chi connectivity index (χ1v) is 8.39. The number of aromatic nitrogens is 3. The van der Waals surface area contributed by atoms with Crippen LogP contribution in [0.2, 0.25) is 0 Å². The van der Waals surface area contributed by atoms with E-state index in [1.54, 1.807) is 0 Å². The third kappa shape index (κ3) is 3.74. The first-order valence-electron chi connectivity index (χ1n) is 8.39. The summed E-state index contributed by atoms with van der Waals surface area (Å²) in [7, 11) is 0. The average Bonchev–Trinajstić information content (AvgIpc) is 2.80. The van der Waals surface area contributed by atoms with Crippen LogP contribution in [0.3, 0.4) is 0 Å². The predicted octanol–water partition coefficient (Wildman–Crippen LogP) is 2.58. The van der Waals surface area contributed by atoms with Crippen LogP contribution in [0.4, 0.5) is 0 Å². The van der Waals surface area contributed by atoms with E-state index < -0.39 is 0 Å². The van der Waals surface area contributed by atoms with Crippen molar-refractivity contribution in [3.8, 4) is 0 Å². The Bertz CT molecular complexity index is 588. The van der Waals surface area contributed by atoms with E-state index >= 15 is 0 Å². The van der Waals surface area contributed by atoms with Crippen molar-refractivity contribution in [1.29, 1.82) is 0 Å². The Kier molecular flexibility index (Phi) is 4.88. The number of nitrogens with zero attached hydrogens (tertiary/aromatic N) is 4. The van der Waals surface area contributed by atoms with Gasteiger partial charge in [-0.1, -0.05) is 44.2 Å². The van der Waals surface area contributed by atoms with Gasteiger partial charge in [0.2, 0.25) is 0 Å². The molecule has 1 aromatic heterocycles. The van der Waals surface area contributed by atoms with Gasteiger partial charge in [-0.2, -0.15) is 0 Å². The number of fused-ring (bicyclic) bond motifs is 1. The van der Waals surface area contributed by atoms with Gasteiger partial charge in [-0.25, -0.2) is 0 Å². The minimum Gasteiger partial charge on any atom is -0.314 e. The molecule has 0 amide bonds. The maximum absolute atomic E-state index is 4.43. The Hall–Kier alpha value is -1.68. The number of aryl methyl sites for hydroxylation is 2. The summed E-state index contributed by atoms with van der Waals surface area (Å²) in [6.45, 7) is 9.00. The highest BCUT2D eigenvalue weighted by molar-refractivity contribution is 5.15. The zero-order valence-electron chi connectivity index (χ0n) is 13.7.